The number of hydrogen-bond donors (Lipinski definition) is 3. The number of aryl methyl sites for hydroxylation is 1. The Morgan fingerprint density at radius 1 is 1.42 bits per heavy atom. The zero-order valence-electron chi connectivity index (χ0n) is 12.2. The largest absolute Gasteiger partial charge is 0.508 e. The van der Waals surface area contributed by atoms with Crippen molar-refractivity contribution in [3.8, 4) is 5.75 Å². The number of carbonyl (C=O) groups excluding carboxylic acids is 1. The molecule has 0 saturated heterocycles. The van der Waals surface area contributed by atoms with E-state index in [1.54, 1.807) is 25.1 Å². The van der Waals surface area contributed by atoms with Crippen LogP contribution in [0.25, 0.3) is 0 Å². The molecule has 1 aromatic rings. The van der Waals surface area contributed by atoms with Crippen LogP contribution in [0.15, 0.2) is 18.2 Å². The molecular weight excluding hydrogens is 240 g/mol. The fraction of sp³-hybridized carbons (Fsp3) is 0.533. The topological polar surface area (TPSA) is 75.4 Å². The summed E-state index contributed by atoms with van der Waals surface area (Å²) in [5, 5.41) is 12.3. The lowest BCUT2D eigenvalue weighted by Gasteiger charge is -2.22. The SMILES string of the molecule is Cc1ccc(NC(=O)CC(N)CC(C)(C)C)cc1O. The molecule has 1 unspecified atom stereocenters. The van der Waals surface area contributed by atoms with Gasteiger partial charge in [0.05, 0.1) is 0 Å². The Hall–Kier alpha value is -1.55. The summed E-state index contributed by atoms with van der Waals surface area (Å²) in [4.78, 5) is 11.8. The second kappa shape index (κ2) is 6.06. The Kier molecular flexibility index (Phi) is 4.95. The third-order valence-electron chi connectivity index (χ3n) is 2.82. The molecule has 0 aliphatic heterocycles. The van der Waals surface area contributed by atoms with Crippen LogP contribution >= 0.6 is 0 Å². The number of rotatable bonds is 4. The lowest BCUT2D eigenvalue weighted by atomic mass is 9.87. The summed E-state index contributed by atoms with van der Waals surface area (Å²) >= 11 is 0. The average molecular weight is 264 g/mol. The molecule has 0 heterocycles. The van der Waals surface area contributed by atoms with E-state index < -0.39 is 0 Å². The lowest BCUT2D eigenvalue weighted by Crippen LogP contribution is -2.31. The van der Waals surface area contributed by atoms with Crippen LogP contribution in [0.2, 0.25) is 0 Å². The molecule has 1 atom stereocenters. The van der Waals surface area contributed by atoms with Crippen molar-refractivity contribution in [1.82, 2.24) is 0 Å². The number of nitrogens with one attached hydrogen (secondary N) is 1. The molecule has 0 bridgehead atoms. The third-order valence-corrected chi connectivity index (χ3v) is 2.82. The van der Waals surface area contributed by atoms with E-state index in [9.17, 15) is 9.90 Å². The Morgan fingerprint density at radius 2 is 2.05 bits per heavy atom. The van der Waals surface area contributed by atoms with E-state index in [1.165, 1.54) is 0 Å². The van der Waals surface area contributed by atoms with Crippen molar-refractivity contribution in [3.63, 3.8) is 0 Å². The number of hydrogen-bond acceptors (Lipinski definition) is 3. The molecule has 0 fully saturated rings. The Balaban J connectivity index is 2.53. The number of phenols is 1. The first-order chi connectivity index (χ1) is 8.67. The van der Waals surface area contributed by atoms with Gasteiger partial charge in [0.2, 0.25) is 5.91 Å². The van der Waals surface area contributed by atoms with Gasteiger partial charge in [-0.15, -0.1) is 0 Å². The highest BCUT2D eigenvalue weighted by Gasteiger charge is 2.18. The molecule has 1 aromatic carbocycles. The zero-order valence-corrected chi connectivity index (χ0v) is 12.2. The maximum atomic E-state index is 11.8. The minimum Gasteiger partial charge on any atom is -0.508 e. The number of amides is 1. The third kappa shape index (κ3) is 5.75. The summed E-state index contributed by atoms with van der Waals surface area (Å²) in [5.74, 6) is 0.0526. The van der Waals surface area contributed by atoms with Gasteiger partial charge in [0.1, 0.15) is 5.75 Å². The molecule has 0 saturated carbocycles. The fourth-order valence-corrected chi connectivity index (χ4v) is 2.00. The predicted octanol–water partition coefficient (Wildman–Crippen LogP) is 2.79. The van der Waals surface area contributed by atoms with Crippen molar-refractivity contribution in [2.45, 2.75) is 46.6 Å². The van der Waals surface area contributed by atoms with Crippen molar-refractivity contribution < 1.29 is 9.90 Å². The predicted molar refractivity (Wildman–Crippen MR) is 78.1 cm³/mol. The summed E-state index contributed by atoms with van der Waals surface area (Å²) in [6.45, 7) is 8.11. The normalized spacial score (nSPS) is 13.1. The highest BCUT2D eigenvalue weighted by molar-refractivity contribution is 5.91. The van der Waals surface area contributed by atoms with Gasteiger partial charge >= 0.3 is 0 Å². The van der Waals surface area contributed by atoms with Crippen LogP contribution < -0.4 is 11.1 Å². The minimum atomic E-state index is -0.154. The molecular formula is C15H24N2O2. The molecule has 0 radical (unpaired) electrons. The Labute approximate surface area is 115 Å². The first-order valence-electron chi connectivity index (χ1n) is 6.52. The van der Waals surface area contributed by atoms with Crippen molar-refractivity contribution in [3.05, 3.63) is 23.8 Å². The van der Waals surface area contributed by atoms with E-state index in [0.29, 0.717) is 5.69 Å². The van der Waals surface area contributed by atoms with Gasteiger partial charge in [0.25, 0.3) is 0 Å². The quantitative estimate of drug-likeness (QED) is 0.782. The summed E-state index contributed by atoms with van der Waals surface area (Å²) in [6.07, 6.45) is 1.07. The number of phenolic OH excluding ortho intramolecular Hbond substituents is 1. The molecule has 4 nitrogen and oxygen atoms in total. The van der Waals surface area contributed by atoms with E-state index in [4.69, 9.17) is 5.73 Å². The monoisotopic (exact) mass is 264 g/mol. The van der Waals surface area contributed by atoms with E-state index >= 15 is 0 Å². The highest BCUT2D eigenvalue weighted by atomic mass is 16.3. The molecule has 0 aromatic heterocycles. The number of nitrogens with two attached hydrogens (primary N) is 1. The molecule has 4 heteroatoms. The van der Waals surface area contributed by atoms with Crippen LogP contribution in [0, 0.1) is 12.3 Å². The van der Waals surface area contributed by atoms with Crippen molar-refractivity contribution in [2.75, 3.05) is 5.32 Å². The minimum absolute atomic E-state index is 0.113. The first-order valence-corrected chi connectivity index (χ1v) is 6.52. The number of anilines is 1. The highest BCUT2D eigenvalue weighted by Crippen LogP contribution is 2.23. The van der Waals surface area contributed by atoms with Gasteiger partial charge in [-0.3, -0.25) is 4.79 Å². The van der Waals surface area contributed by atoms with Crippen LogP contribution in [-0.4, -0.2) is 17.1 Å². The summed E-state index contributed by atoms with van der Waals surface area (Å²) in [7, 11) is 0. The standard InChI is InChI=1S/C15H24N2O2/c1-10-5-6-12(8-13(10)18)17-14(19)7-11(16)9-15(2,3)4/h5-6,8,11,18H,7,9,16H2,1-4H3,(H,17,19). The summed E-state index contributed by atoms with van der Waals surface area (Å²) < 4.78 is 0. The van der Waals surface area contributed by atoms with Crippen LogP contribution in [-0.2, 0) is 4.79 Å². The Bertz CT molecular complexity index is 450. The van der Waals surface area contributed by atoms with Gasteiger partial charge in [-0.2, -0.15) is 0 Å². The van der Waals surface area contributed by atoms with Gasteiger partial charge in [0, 0.05) is 24.2 Å². The molecule has 4 N–H and O–H groups in total. The first kappa shape index (κ1) is 15.5. The van der Waals surface area contributed by atoms with E-state index in [1.807, 2.05) is 0 Å². The number of carbonyl (C=O) groups is 1. The molecule has 0 aliphatic rings. The average Bonchev–Trinajstić information content (AvgIpc) is 2.20. The molecule has 0 aliphatic carbocycles. The van der Waals surface area contributed by atoms with Crippen LogP contribution in [0.1, 0.15) is 39.2 Å². The molecule has 106 valence electrons. The molecule has 0 spiro atoms. The second-order valence-electron chi connectivity index (χ2n) is 6.28. The molecule has 1 amide bonds. The van der Waals surface area contributed by atoms with Crippen molar-refractivity contribution in [2.24, 2.45) is 11.1 Å². The Morgan fingerprint density at radius 3 is 2.58 bits per heavy atom. The number of benzene rings is 1. The molecule has 1 rings (SSSR count). The van der Waals surface area contributed by atoms with Crippen LogP contribution in [0.5, 0.6) is 5.75 Å². The van der Waals surface area contributed by atoms with Gasteiger partial charge in [-0.25, -0.2) is 0 Å². The van der Waals surface area contributed by atoms with E-state index in [0.717, 1.165) is 12.0 Å². The van der Waals surface area contributed by atoms with E-state index in [-0.39, 0.29) is 29.5 Å². The summed E-state index contributed by atoms with van der Waals surface area (Å²) in [5.41, 5.74) is 7.44. The second-order valence-corrected chi connectivity index (χ2v) is 6.28. The van der Waals surface area contributed by atoms with E-state index in [2.05, 4.69) is 26.1 Å². The van der Waals surface area contributed by atoms with Crippen LogP contribution in [0.4, 0.5) is 5.69 Å². The van der Waals surface area contributed by atoms with Crippen molar-refractivity contribution >= 4 is 11.6 Å². The zero-order chi connectivity index (χ0) is 14.6. The maximum Gasteiger partial charge on any atom is 0.225 e. The fourth-order valence-electron chi connectivity index (χ4n) is 2.00. The van der Waals surface area contributed by atoms with Crippen molar-refractivity contribution in [1.29, 1.82) is 0 Å². The maximum absolute atomic E-state index is 11.8. The molecule has 19 heavy (non-hydrogen) atoms. The summed E-state index contributed by atoms with van der Waals surface area (Å²) in [6, 6.07) is 4.92. The van der Waals surface area contributed by atoms with Gasteiger partial charge < -0.3 is 16.2 Å². The van der Waals surface area contributed by atoms with Crippen LogP contribution in [0.3, 0.4) is 0 Å². The smallest absolute Gasteiger partial charge is 0.225 e. The number of aromatic hydroxyl groups is 1. The lowest BCUT2D eigenvalue weighted by molar-refractivity contribution is -0.116. The van der Waals surface area contributed by atoms with Gasteiger partial charge in [-0.1, -0.05) is 26.8 Å². The van der Waals surface area contributed by atoms with Gasteiger partial charge in [0.15, 0.2) is 0 Å². The van der Waals surface area contributed by atoms with Gasteiger partial charge in [-0.05, 0) is 30.4 Å².